The van der Waals surface area contributed by atoms with Crippen molar-refractivity contribution in [3.63, 3.8) is 0 Å². The first-order valence-corrected chi connectivity index (χ1v) is 6.11. The van der Waals surface area contributed by atoms with Crippen LogP contribution in [0.2, 0.25) is 0 Å². The first-order valence-electron chi connectivity index (χ1n) is 6.11. The molecular formula is C12H24N2O2. The van der Waals surface area contributed by atoms with Crippen LogP contribution in [-0.4, -0.2) is 43.7 Å². The Morgan fingerprint density at radius 1 is 1.44 bits per heavy atom. The summed E-state index contributed by atoms with van der Waals surface area (Å²) < 4.78 is 5.08. The number of carbonyl (C=O) groups is 1. The van der Waals surface area contributed by atoms with Crippen molar-refractivity contribution in [2.75, 3.05) is 32.8 Å². The van der Waals surface area contributed by atoms with Gasteiger partial charge in [0.15, 0.2) is 0 Å². The van der Waals surface area contributed by atoms with Crippen LogP contribution in [0.3, 0.4) is 0 Å². The van der Waals surface area contributed by atoms with Crippen LogP contribution < -0.4 is 5.73 Å². The van der Waals surface area contributed by atoms with Gasteiger partial charge in [-0.25, -0.2) is 0 Å². The number of unbranched alkanes of at least 4 members (excludes halogenated alkanes) is 1. The van der Waals surface area contributed by atoms with Crippen LogP contribution in [-0.2, 0) is 9.53 Å². The van der Waals surface area contributed by atoms with Crippen LogP contribution in [0.4, 0.5) is 0 Å². The number of nitrogens with zero attached hydrogens (tertiary/aromatic N) is 1. The molecule has 0 saturated carbocycles. The Balaban J connectivity index is 2.13. The zero-order valence-electron chi connectivity index (χ0n) is 10.5. The topological polar surface area (TPSA) is 55.6 Å². The Morgan fingerprint density at radius 2 is 2.19 bits per heavy atom. The highest BCUT2D eigenvalue weighted by Gasteiger charge is 2.19. The van der Waals surface area contributed by atoms with Crippen LogP contribution in [0.15, 0.2) is 0 Å². The average Bonchev–Trinajstić information content (AvgIpc) is 2.27. The molecule has 1 saturated heterocycles. The molecule has 4 heteroatoms. The standard InChI is InChI=1S/C12H24N2O2/c1-12(2,10-13)5-3-4-6-14-7-8-16-9-11(14)15/h3-10,13H2,1-2H3. The minimum absolute atomic E-state index is 0.129. The van der Waals surface area contributed by atoms with Crippen molar-refractivity contribution in [2.24, 2.45) is 11.1 Å². The predicted molar refractivity (Wildman–Crippen MR) is 64.1 cm³/mol. The fourth-order valence-electron chi connectivity index (χ4n) is 1.79. The molecule has 16 heavy (non-hydrogen) atoms. The molecule has 0 radical (unpaired) electrons. The van der Waals surface area contributed by atoms with E-state index in [4.69, 9.17) is 10.5 Å². The van der Waals surface area contributed by atoms with E-state index in [2.05, 4.69) is 13.8 Å². The van der Waals surface area contributed by atoms with Crippen LogP contribution in [0.25, 0.3) is 0 Å². The number of hydrogen-bond donors (Lipinski definition) is 1. The van der Waals surface area contributed by atoms with E-state index in [1.807, 2.05) is 4.90 Å². The van der Waals surface area contributed by atoms with Gasteiger partial charge < -0.3 is 15.4 Å². The van der Waals surface area contributed by atoms with E-state index in [1.165, 1.54) is 0 Å². The zero-order chi connectivity index (χ0) is 12.0. The summed E-state index contributed by atoms with van der Waals surface area (Å²) in [5.41, 5.74) is 5.90. The van der Waals surface area contributed by atoms with Crippen LogP contribution >= 0.6 is 0 Å². The largest absolute Gasteiger partial charge is 0.370 e. The monoisotopic (exact) mass is 228 g/mol. The maximum Gasteiger partial charge on any atom is 0.248 e. The van der Waals surface area contributed by atoms with Crippen LogP contribution in [0.5, 0.6) is 0 Å². The minimum Gasteiger partial charge on any atom is -0.370 e. The Labute approximate surface area is 98.1 Å². The molecule has 94 valence electrons. The second-order valence-corrected chi connectivity index (χ2v) is 5.26. The summed E-state index contributed by atoms with van der Waals surface area (Å²) in [6.07, 6.45) is 3.33. The lowest BCUT2D eigenvalue weighted by Crippen LogP contribution is -2.42. The number of hydrogen-bond acceptors (Lipinski definition) is 3. The van der Waals surface area contributed by atoms with E-state index >= 15 is 0 Å². The van der Waals surface area contributed by atoms with Crippen molar-refractivity contribution < 1.29 is 9.53 Å². The highest BCUT2D eigenvalue weighted by Crippen LogP contribution is 2.21. The van der Waals surface area contributed by atoms with Gasteiger partial charge in [-0.05, 0) is 24.8 Å². The SMILES string of the molecule is CC(C)(CN)CCCCN1CCOCC1=O. The van der Waals surface area contributed by atoms with Gasteiger partial charge in [-0.3, -0.25) is 4.79 Å². The zero-order valence-corrected chi connectivity index (χ0v) is 10.5. The first kappa shape index (κ1) is 13.5. The molecule has 0 unspecified atom stereocenters. The molecule has 1 fully saturated rings. The molecule has 4 nitrogen and oxygen atoms in total. The summed E-state index contributed by atoms with van der Waals surface area (Å²) in [7, 11) is 0. The third-order valence-corrected chi connectivity index (χ3v) is 3.17. The molecule has 0 aromatic carbocycles. The molecule has 0 aliphatic carbocycles. The highest BCUT2D eigenvalue weighted by molar-refractivity contribution is 5.77. The average molecular weight is 228 g/mol. The molecule has 0 spiro atoms. The molecule has 1 aliphatic rings. The lowest BCUT2D eigenvalue weighted by Gasteiger charge is -2.27. The maximum atomic E-state index is 11.4. The van der Waals surface area contributed by atoms with Crippen LogP contribution in [0.1, 0.15) is 33.1 Å². The summed E-state index contributed by atoms with van der Waals surface area (Å²) in [5.74, 6) is 0.129. The third kappa shape index (κ3) is 4.49. The van der Waals surface area contributed by atoms with Gasteiger partial charge in [-0.1, -0.05) is 20.3 Å². The van der Waals surface area contributed by atoms with Crippen molar-refractivity contribution in [3.8, 4) is 0 Å². The summed E-state index contributed by atoms with van der Waals surface area (Å²) >= 11 is 0. The van der Waals surface area contributed by atoms with Crippen molar-refractivity contribution >= 4 is 5.91 Å². The van der Waals surface area contributed by atoms with E-state index < -0.39 is 0 Å². The molecule has 1 heterocycles. The Bertz CT molecular complexity index is 229. The Hall–Kier alpha value is -0.610. The van der Waals surface area contributed by atoms with Gasteiger partial charge in [0.05, 0.1) is 6.61 Å². The summed E-state index contributed by atoms with van der Waals surface area (Å²) in [5, 5.41) is 0. The fraction of sp³-hybridized carbons (Fsp3) is 0.917. The molecular weight excluding hydrogens is 204 g/mol. The second kappa shape index (κ2) is 6.21. The van der Waals surface area contributed by atoms with E-state index in [1.54, 1.807) is 0 Å². The lowest BCUT2D eigenvalue weighted by atomic mass is 9.87. The van der Waals surface area contributed by atoms with Gasteiger partial charge in [0.25, 0.3) is 0 Å². The molecule has 1 rings (SSSR count). The van der Waals surface area contributed by atoms with Gasteiger partial charge in [-0.15, -0.1) is 0 Å². The molecule has 1 amide bonds. The van der Waals surface area contributed by atoms with E-state index in [0.717, 1.165) is 38.9 Å². The van der Waals surface area contributed by atoms with E-state index in [0.29, 0.717) is 6.61 Å². The van der Waals surface area contributed by atoms with E-state index in [9.17, 15) is 4.79 Å². The maximum absolute atomic E-state index is 11.4. The molecule has 0 aromatic heterocycles. The number of amides is 1. The molecule has 0 bridgehead atoms. The van der Waals surface area contributed by atoms with Crippen molar-refractivity contribution in [3.05, 3.63) is 0 Å². The van der Waals surface area contributed by atoms with Crippen molar-refractivity contribution in [1.82, 2.24) is 4.90 Å². The first-order chi connectivity index (χ1) is 7.55. The summed E-state index contributed by atoms with van der Waals surface area (Å²) in [4.78, 5) is 13.3. The van der Waals surface area contributed by atoms with Crippen molar-refractivity contribution in [2.45, 2.75) is 33.1 Å². The fourth-order valence-corrected chi connectivity index (χ4v) is 1.79. The van der Waals surface area contributed by atoms with Crippen LogP contribution in [0, 0.1) is 5.41 Å². The molecule has 1 aliphatic heterocycles. The molecule has 0 aromatic rings. The van der Waals surface area contributed by atoms with Crippen molar-refractivity contribution in [1.29, 1.82) is 0 Å². The van der Waals surface area contributed by atoms with Gasteiger partial charge in [0, 0.05) is 13.1 Å². The van der Waals surface area contributed by atoms with Gasteiger partial charge in [0.2, 0.25) is 5.91 Å². The number of rotatable bonds is 6. The molecule has 2 N–H and O–H groups in total. The lowest BCUT2D eigenvalue weighted by molar-refractivity contribution is -0.142. The summed E-state index contributed by atoms with van der Waals surface area (Å²) in [6.45, 7) is 7.65. The highest BCUT2D eigenvalue weighted by atomic mass is 16.5. The van der Waals surface area contributed by atoms with Gasteiger partial charge in [0.1, 0.15) is 6.61 Å². The Morgan fingerprint density at radius 3 is 2.81 bits per heavy atom. The molecule has 0 atom stereocenters. The third-order valence-electron chi connectivity index (χ3n) is 3.17. The van der Waals surface area contributed by atoms with Gasteiger partial charge in [-0.2, -0.15) is 0 Å². The number of nitrogens with two attached hydrogens (primary N) is 1. The number of ether oxygens (including phenoxy) is 1. The minimum atomic E-state index is 0.129. The Kier molecular flexibility index (Phi) is 5.22. The predicted octanol–water partition coefficient (Wildman–Crippen LogP) is 1.00. The quantitative estimate of drug-likeness (QED) is 0.690. The number of carbonyl (C=O) groups excluding carboxylic acids is 1. The van der Waals surface area contributed by atoms with Gasteiger partial charge >= 0.3 is 0 Å². The van der Waals surface area contributed by atoms with E-state index in [-0.39, 0.29) is 17.9 Å². The summed E-state index contributed by atoms with van der Waals surface area (Å²) in [6, 6.07) is 0. The smallest absolute Gasteiger partial charge is 0.248 e. The number of morpholine rings is 1. The normalized spacial score (nSPS) is 17.9. The second-order valence-electron chi connectivity index (χ2n) is 5.26.